The number of carbonyl (C=O) groups excluding carboxylic acids is 1. The number of hydrogen-bond acceptors (Lipinski definition) is 5. The molecule has 0 aliphatic carbocycles. The molecule has 0 aliphatic heterocycles. The highest BCUT2D eigenvalue weighted by Gasteiger charge is 2.18. The summed E-state index contributed by atoms with van der Waals surface area (Å²) < 4.78 is 0. The summed E-state index contributed by atoms with van der Waals surface area (Å²) in [7, 11) is 0. The van der Waals surface area contributed by atoms with Crippen molar-refractivity contribution in [3.8, 4) is 22.5 Å². The molecule has 0 spiro atoms. The highest BCUT2D eigenvalue weighted by Crippen LogP contribution is 2.37. The number of aromatic nitrogens is 4. The van der Waals surface area contributed by atoms with Crippen molar-refractivity contribution in [2.45, 2.75) is 13.8 Å². The molecular weight excluding hydrogens is 334 g/mol. The largest absolute Gasteiger partial charge is 0.353 e. The summed E-state index contributed by atoms with van der Waals surface area (Å²) in [5.74, 6) is 0.357. The molecule has 0 aliphatic rings. The maximum absolute atomic E-state index is 11.3. The van der Waals surface area contributed by atoms with Gasteiger partial charge < -0.3 is 10.3 Å². The zero-order valence-corrected chi connectivity index (χ0v) is 14.5. The average molecular weight is 349 g/mol. The molecule has 124 valence electrons. The van der Waals surface area contributed by atoms with Crippen LogP contribution >= 0.6 is 11.3 Å². The lowest BCUT2D eigenvalue weighted by Crippen LogP contribution is -2.07. The first-order valence-electron chi connectivity index (χ1n) is 7.75. The fourth-order valence-corrected chi connectivity index (χ4v) is 3.40. The third-order valence-corrected chi connectivity index (χ3v) is 4.56. The Balaban J connectivity index is 1.94. The van der Waals surface area contributed by atoms with E-state index in [4.69, 9.17) is 0 Å². The highest BCUT2D eigenvalue weighted by molar-refractivity contribution is 7.09. The number of hydrogen-bond donors (Lipinski definition) is 2. The van der Waals surface area contributed by atoms with Crippen LogP contribution in [0.3, 0.4) is 0 Å². The van der Waals surface area contributed by atoms with Crippen molar-refractivity contribution >= 4 is 34.1 Å². The van der Waals surface area contributed by atoms with Gasteiger partial charge >= 0.3 is 0 Å². The van der Waals surface area contributed by atoms with Crippen LogP contribution in [-0.4, -0.2) is 25.8 Å². The molecule has 1 amide bonds. The number of anilines is 1. The Kier molecular flexibility index (Phi) is 3.77. The summed E-state index contributed by atoms with van der Waals surface area (Å²) in [6, 6.07) is 7.63. The predicted octanol–water partition coefficient (Wildman–Crippen LogP) is 4.02. The van der Waals surface area contributed by atoms with Crippen LogP contribution in [-0.2, 0) is 4.79 Å². The van der Waals surface area contributed by atoms with E-state index in [2.05, 4.69) is 25.3 Å². The summed E-state index contributed by atoms with van der Waals surface area (Å²) in [6.07, 6.45) is 3.45. The van der Waals surface area contributed by atoms with Crippen molar-refractivity contribution in [2.75, 3.05) is 5.32 Å². The van der Waals surface area contributed by atoms with Crippen LogP contribution in [0.25, 0.3) is 33.5 Å². The molecule has 0 radical (unpaired) electrons. The third kappa shape index (κ3) is 2.89. The van der Waals surface area contributed by atoms with Gasteiger partial charge in [0.05, 0.1) is 33.0 Å². The first-order valence-corrected chi connectivity index (χ1v) is 8.63. The first-order chi connectivity index (χ1) is 12.1. The normalized spacial score (nSPS) is 11.0. The number of aryl methyl sites for hydroxylation is 1. The standard InChI is InChI=1S/C18H15N5OS/c1-10(24)21-15-8-12(5-7-19-15)17-16(14-9-25-11(2)22-14)18-13(23-17)4-3-6-20-18/h3-9,23H,1-2H3,(H,19,21,24). The van der Waals surface area contributed by atoms with Gasteiger partial charge in [-0.25, -0.2) is 9.97 Å². The second-order valence-electron chi connectivity index (χ2n) is 5.64. The van der Waals surface area contributed by atoms with Gasteiger partial charge in [-0.2, -0.15) is 0 Å². The Morgan fingerprint density at radius 3 is 2.88 bits per heavy atom. The van der Waals surface area contributed by atoms with Crippen LogP contribution in [0.1, 0.15) is 11.9 Å². The fraction of sp³-hybridized carbons (Fsp3) is 0.111. The summed E-state index contributed by atoms with van der Waals surface area (Å²) in [4.78, 5) is 28.1. The number of nitrogens with zero attached hydrogens (tertiary/aromatic N) is 3. The molecule has 2 N–H and O–H groups in total. The van der Waals surface area contributed by atoms with Gasteiger partial charge in [0.25, 0.3) is 0 Å². The van der Waals surface area contributed by atoms with E-state index >= 15 is 0 Å². The van der Waals surface area contributed by atoms with Crippen LogP contribution < -0.4 is 5.32 Å². The molecule has 6 nitrogen and oxygen atoms in total. The average Bonchev–Trinajstić information content (AvgIpc) is 3.17. The molecular formula is C18H15N5OS. The molecule has 25 heavy (non-hydrogen) atoms. The van der Waals surface area contributed by atoms with E-state index in [1.54, 1.807) is 23.7 Å². The van der Waals surface area contributed by atoms with Gasteiger partial charge in [0, 0.05) is 30.3 Å². The molecule has 4 aromatic rings. The lowest BCUT2D eigenvalue weighted by atomic mass is 10.1. The quantitative estimate of drug-likeness (QED) is 0.585. The van der Waals surface area contributed by atoms with E-state index in [0.717, 1.165) is 38.6 Å². The van der Waals surface area contributed by atoms with E-state index in [1.165, 1.54) is 6.92 Å². The molecule has 0 saturated heterocycles. The van der Waals surface area contributed by atoms with E-state index in [0.29, 0.717) is 5.82 Å². The van der Waals surface area contributed by atoms with Crippen molar-refractivity contribution in [3.05, 3.63) is 47.0 Å². The number of nitrogens with one attached hydrogen (secondary N) is 2. The second-order valence-corrected chi connectivity index (χ2v) is 6.70. The molecule has 4 rings (SSSR count). The molecule has 0 unspecified atom stereocenters. The van der Waals surface area contributed by atoms with Gasteiger partial charge in [0.15, 0.2) is 0 Å². The molecule has 4 aromatic heterocycles. The maximum atomic E-state index is 11.3. The lowest BCUT2D eigenvalue weighted by molar-refractivity contribution is -0.114. The van der Waals surface area contributed by atoms with Gasteiger partial charge in [0.2, 0.25) is 5.91 Å². The van der Waals surface area contributed by atoms with Crippen molar-refractivity contribution in [2.24, 2.45) is 0 Å². The monoisotopic (exact) mass is 349 g/mol. The molecule has 4 heterocycles. The number of rotatable bonds is 3. The minimum Gasteiger partial charge on any atom is -0.353 e. The van der Waals surface area contributed by atoms with Crippen LogP contribution in [0.15, 0.2) is 42.0 Å². The number of amides is 1. The van der Waals surface area contributed by atoms with Crippen molar-refractivity contribution in [3.63, 3.8) is 0 Å². The van der Waals surface area contributed by atoms with Crippen LogP contribution in [0.5, 0.6) is 0 Å². The molecule has 0 fully saturated rings. The Hall–Kier alpha value is -3.06. The van der Waals surface area contributed by atoms with E-state index < -0.39 is 0 Å². The molecule has 0 saturated carbocycles. The fourth-order valence-electron chi connectivity index (χ4n) is 2.80. The molecule has 0 bridgehead atoms. The number of aromatic amines is 1. The van der Waals surface area contributed by atoms with Gasteiger partial charge in [-0.15, -0.1) is 11.3 Å². The van der Waals surface area contributed by atoms with Gasteiger partial charge in [-0.3, -0.25) is 9.78 Å². The number of fused-ring (bicyclic) bond motifs is 1. The van der Waals surface area contributed by atoms with Crippen molar-refractivity contribution in [1.29, 1.82) is 0 Å². The summed E-state index contributed by atoms with van der Waals surface area (Å²) in [5.41, 5.74) is 5.49. The van der Waals surface area contributed by atoms with E-state index in [9.17, 15) is 4.79 Å². The third-order valence-electron chi connectivity index (χ3n) is 3.78. The van der Waals surface area contributed by atoms with E-state index in [-0.39, 0.29) is 5.91 Å². The number of pyridine rings is 2. The Morgan fingerprint density at radius 2 is 2.12 bits per heavy atom. The second kappa shape index (κ2) is 6.10. The number of carbonyl (C=O) groups is 1. The van der Waals surface area contributed by atoms with Crippen LogP contribution in [0.4, 0.5) is 5.82 Å². The topological polar surface area (TPSA) is 83.6 Å². The van der Waals surface area contributed by atoms with E-state index in [1.807, 2.05) is 36.6 Å². The van der Waals surface area contributed by atoms with Gasteiger partial charge in [-0.05, 0) is 31.2 Å². The molecule has 7 heteroatoms. The smallest absolute Gasteiger partial charge is 0.222 e. The van der Waals surface area contributed by atoms with Gasteiger partial charge in [0.1, 0.15) is 5.82 Å². The predicted molar refractivity (Wildman–Crippen MR) is 99.5 cm³/mol. The van der Waals surface area contributed by atoms with Gasteiger partial charge in [-0.1, -0.05) is 0 Å². The van der Waals surface area contributed by atoms with Crippen LogP contribution in [0.2, 0.25) is 0 Å². The Morgan fingerprint density at radius 1 is 1.24 bits per heavy atom. The number of H-pyrrole nitrogens is 1. The summed E-state index contributed by atoms with van der Waals surface area (Å²) >= 11 is 1.60. The minimum atomic E-state index is -0.154. The summed E-state index contributed by atoms with van der Waals surface area (Å²) in [6.45, 7) is 3.45. The highest BCUT2D eigenvalue weighted by atomic mass is 32.1. The van der Waals surface area contributed by atoms with Crippen molar-refractivity contribution < 1.29 is 4.79 Å². The Bertz CT molecular complexity index is 1080. The molecule has 0 aromatic carbocycles. The van der Waals surface area contributed by atoms with Crippen molar-refractivity contribution in [1.82, 2.24) is 19.9 Å². The molecule has 0 atom stereocenters. The zero-order valence-electron chi connectivity index (χ0n) is 13.7. The number of thiazole rings is 1. The lowest BCUT2D eigenvalue weighted by Gasteiger charge is -2.05. The first kappa shape index (κ1) is 15.5. The maximum Gasteiger partial charge on any atom is 0.222 e. The Labute approximate surface area is 148 Å². The summed E-state index contributed by atoms with van der Waals surface area (Å²) in [5, 5.41) is 5.75. The van der Waals surface area contributed by atoms with Crippen LogP contribution in [0, 0.1) is 6.92 Å². The minimum absolute atomic E-state index is 0.154. The SMILES string of the molecule is CC(=O)Nc1cc(-c2[nH]c3cccnc3c2-c2csc(C)n2)ccn1. The zero-order chi connectivity index (χ0) is 17.4.